The van der Waals surface area contributed by atoms with Crippen LogP contribution in [0.5, 0.6) is 0 Å². The molecule has 1 aromatic heterocycles. The van der Waals surface area contributed by atoms with E-state index in [1.54, 1.807) is 35.2 Å². The smallest absolute Gasteiger partial charge is 0.223 e. The molecule has 1 fully saturated rings. The summed E-state index contributed by atoms with van der Waals surface area (Å²) >= 11 is 6.12. The van der Waals surface area contributed by atoms with Crippen molar-refractivity contribution in [3.05, 3.63) is 167 Å². The topological polar surface area (TPSA) is 72.3 Å². The monoisotopic (exact) mass is 673 g/mol. The van der Waals surface area contributed by atoms with Crippen LogP contribution in [0.15, 0.2) is 145 Å². The van der Waals surface area contributed by atoms with Crippen LogP contribution >= 0.6 is 11.6 Å². The summed E-state index contributed by atoms with van der Waals surface area (Å²) in [7, 11) is -3.67. The molecule has 2 heterocycles. The average molecular weight is 674 g/mol. The molecular formula is C40H36ClN3O3S. The molecule has 6 nitrogen and oxygen atoms in total. The highest BCUT2D eigenvalue weighted by Gasteiger charge is 2.39. The molecule has 0 spiro atoms. The van der Waals surface area contributed by atoms with E-state index in [0.717, 1.165) is 40.6 Å². The molecule has 0 aliphatic carbocycles. The Balaban J connectivity index is 1.08. The number of nitrogens with zero attached hydrogens (tertiary/aromatic N) is 3. The molecule has 0 N–H and O–H groups in total. The number of benzene rings is 5. The molecule has 1 aliphatic rings. The van der Waals surface area contributed by atoms with Gasteiger partial charge in [0.2, 0.25) is 5.91 Å². The van der Waals surface area contributed by atoms with Gasteiger partial charge >= 0.3 is 0 Å². The van der Waals surface area contributed by atoms with Gasteiger partial charge in [0.1, 0.15) is 5.54 Å². The fourth-order valence-electron chi connectivity index (χ4n) is 7.13. The summed E-state index contributed by atoms with van der Waals surface area (Å²) in [5, 5.41) is 1.92. The third kappa shape index (κ3) is 6.04. The maximum absolute atomic E-state index is 13.3. The van der Waals surface area contributed by atoms with E-state index in [2.05, 4.69) is 83.6 Å². The molecule has 1 amide bonds. The van der Waals surface area contributed by atoms with Crippen molar-refractivity contribution in [2.75, 3.05) is 18.8 Å². The summed E-state index contributed by atoms with van der Waals surface area (Å²) in [5.74, 6) is -0.193. The lowest BCUT2D eigenvalue weighted by Crippen LogP contribution is -2.38. The van der Waals surface area contributed by atoms with Crippen molar-refractivity contribution in [1.82, 2.24) is 14.5 Å². The van der Waals surface area contributed by atoms with Gasteiger partial charge in [0.25, 0.3) is 0 Å². The predicted octanol–water partition coefficient (Wildman–Crippen LogP) is 8.10. The Morgan fingerprint density at radius 2 is 1.35 bits per heavy atom. The van der Waals surface area contributed by atoms with E-state index >= 15 is 0 Å². The minimum atomic E-state index is -3.67. The molecule has 0 atom stereocenters. The molecule has 242 valence electrons. The molecule has 1 saturated heterocycles. The second-order valence-electron chi connectivity index (χ2n) is 12.4. The molecule has 48 heavy (non-hydrogen) atoms. The number of hydrogen-bond donors (Lipinski definition) is 0. The molecule has 0 saturated carbocycles. The molecule has 7 rings (SSSR count). The number of hydrogen-bond acceptors (Lipinski definition) is 4. The van der Waals surface area contributed by atoms with Crippen LogP contribution in [-0.4, -0.2) is 47.6 Å². The van der Waals surface area contributed by atoms with E-state index in [0.29, 0.717) is 23.5 Å². The minimum Gasteiger partial charge on any atom is -0.343 e. The van der Waals surface area contributed by atoms with Crippen LogP contribution < -0.4 is 0 Å². The summed E-state index contributed by atoms with van der Waals surface area (Å²) in [4.78, 5) is 20.2. The molecule has 0 unspecified atom stereocenters. The molecule has 0 radical (unpaired) electrons. The first-order chi connectivity index (χ1) is 23.4. The normalized spacial score (nSPS) is 14.3. The van der Waals surface area contributed by atoms with Crippen molar-refractivity contribution in [3.8, 4) is 0 Å². The van der Waals surface area contributed by atoms with Gasteiger partial charge in [-0.2, -0.15) is 0 Å². The number of fused-ring (bicyclic) bond motifs is 1. The number of piperidine rings is 1. The van der Waals surface area contributed by atoms with E-state index in [1.807, 2.05) is 30.6 Å². The van der Waals surface area contributed by atoms with Crippen molar-refractivity contribution in [1.29, 1.82) is 0 Å². The van der Waals surface area contributed by atoms with Crippen LogP contribution in [-0.2, 0) is 20.2 Å². The third-order valence-corrected chi connectivity index (χ3v) is 11.6. The van der Waals surface area contributed by atoms with Gasteiger partial charge < -0.3 is 9.47 Å². The van der Waals surface area contributed by atoms with Crippen LogP contribution in [0.3, 0.4) is 0 Å². The molecule has 5 aromatic carbocycles. The molecule has 6 aromatic rings. The van der Waals surface area contributed by atoms with Crippen LogP contribution in [0.4, 0.5) is 0 Å². The Hall–Kier alpha value is -4.72. The standard InChI is InChI=1S/C40H36ClN3O3S/c41-35-19-20-36-31(27-35)11-10-18-38(36)48(46,47)26-23-39(45)43-24-21-30(22-25-43)37-28-44(29-42-37)40(32-12-4-1-5-13-32,33-14-6-2-7-15-33)34-16-8-3-9-17-34/h1-20,27-30H,21-26H2. The number of imidazole rings is 1. The SMILES string of the molecule is O=C(CCS(=O)(=O)c1cccc2cc(Cl)ccc12)N1CCC(c2cn(C(c3ccccc3)(c3ccccc3)c3ccccc3)cn2)CC1. The van der Waals surface area contributed by atoms with Crippen molar-refractivity contribution >= 4 is 38.1 Å². The summed E-state index contributed by atoms with van der Waals surface area (Å²) < 4.78 is 28.9. The van der Waals surface area contributed by atoms with Gasteiger partial charge in [0.15, 0.2) is 9.84 Å². The summed E-state index contributed by atoms with van der Waals surface area (Å²) in [6, 6.07) is 41.9. The van der Waals surface area contributed by atoms with E-state index < -0.39 is 15.4 Å². The largest absolute Gasteiger partial charge is 0.343 e. The Labute approximate surface area is 286 Å². The summed E-state index contributed by atoms with van der Waals surface area (Å²) in [5.41, 5.74) is 3.76. The highest BCUT2D eigenvalue weighted by Crippen LogP contribution is 2.41. The number of likely N-dealkylation sites (tertiary alicyclic amines) is 1. The van der Waals surface area contributed by atoms with Gasteiger partial charge in [-0.3, -0.25) is 4.79 Å². The van der Waals surface area contributed by atoms with Crippen molar-refractivity contribution in [2.24, 2.45) is 0 Å². The zero-order chi connectivity index (χ0) is 33.1. The second-order valence-corrected chi connectivity index (χ2v) is 14.9. The third-order valence-electron chi connectivity index (χ3n) is 9.55. The van der Waals surface area contributed by atoms with Gasteiger partial charge in [0, 0.05) is 42.0 Å². The van der Waals surface area contributed by atoms with Crippen LogP contribution in [0.1, 0.15) is 47.6 Å². The predicted molar refractivity (Wildman–Crippen MR) is 191 cm³/mol. The maximum Gasteiger partial charge on any atom is 0.223 e. The van der Waals surface area contributed by atoms with E-state index in [1.165, 1.54) is 0 Å². The Morgan fingerprint density at radius 1 is 0.771 bits per heavy atom. The number of aromatic nitrogens is 2. The number of rotatable bonds is 9. The van der Waals surface area contributed by atoms with Crippen molar-refractivity contribution in [2.45, 2.75) is 35.6 Å². The molecule has 0 bridgehead atoms. The number of halogens is 1. The molecular weight excluding hydrogens is 638 g/mol. The van der Waals surface area contributed by atoms with E-state index in [9.17, 15) is 13.2 Å². The fraction of sp³-hybridized carbons (Fsp3) is 0.200. The van der Waals surface area contributed by atoms with Gasteiger partial charge in [-0.05, 0) is 53.1 Å². The van der Waals surface area contributed by atoms with Gasteiger partial charge in [0.05, 0.1) is 22.7 Å². The zero-order valence-electron chi connectivity index (χ0n) is 26.5. The maximum atomic E-state index is 13.3. The van der Waals surface area contributed by atoms with E-state index in [4.69, 9.17) is 16.6 Å². The van der Waals surface area contributed by atoms with Gasteiger partial charge in [-0.15, -0.1) is 0 Å². The number of carbonyl (C=O) groups is 1. The first-order valence-corrected chi connectivity index (χ1v) is 18.3. The van der Waals surface area contributed by atoms with Crippen LogP contribution in [0.2, 0.25) is 5.02 Å². The first-order valence-electron chi connectivity index (χ1n) is 16.3. The summed E-state index contributed by atoms with van der Waals surface area (Å²) in [6.07, 6.45) is 5.56. The highest BCUT2D eigenvalue weighted by atomic mass is 35.5. The van der Waals surface area contributed by atoms with Crippen molar-refractivity contribution < 1.29 is 13.2 Å². The van der Waals surface area contributed by atoms with Gasteiger partial charge in [-0.25, -0.2) is 13.4 Å². The second kappa shape index (κ2) is 13.4. The minimum absolute atomic E-state index is 0.0562. The number of carbonyl (C=O) groups excluding carboxylic acids is 1. The number of amides is 1. The van der Waals surface area contributed by atoms with Gasteiger partial charge in [-0.1, -0.05) is 121 Å². The lowest BCUT2D eigenvalue weighted by Gasteiger charge is -2.37. The zero-order valence-corrected chi connectivity index (χ0v) is 28.0. The van der Waals surface area contributed by atoms with E-state index in [-0.39, 0.29) is 28.9 Å². The Bertz CT molecular complexity index is 2050. The average Bonchev–Trinajstić information content (AvgIpc) is 3.63. The molecule has 1 aliphatic heterocycles. The van der Waals surface area contributed by atoms with Crippen LogP contribution in [0, 0.1) is 0 Å². The number of sulfone groups is 1. The molecule has 8 heteroatoms. The summed E-state index contributed by atoms with van der Waals surface area (Å²) in [6.45, 7) is 1.12. The van der Waals surface area contributed by atoms with Crippen LogP contribution in [0.25, 0.3) is 10.8 Å². The van der Waals surface area contributed by atoms with Crippen molar-refractivity contribution in [3.63, 3.8) is 0 Å². The Kier molecular flexibility index (Phi) is 8.90. The quantitative estimate of drug-likeness (QED) is 0.145. The highest BCUT2D eigenvalue weighted by molar-refractivity contribution is 7.91. The first kappa shape index (κ1) is 31.9. The lowest BCUT2D eigenvalue weighted by atomic mass is 9.76. The lowest BCUT2D eigenvalue weighted by molar-refractivity contribution is -0.131. The Morgan fingerprint density at radius 3 is 1.94 bits per heavy atom. The fourth-order valence-corrected chi connectivity index (χ4v) is 8.78.